The maximum absolute atomic E-state index is 9.72. The molecule has 0 saturated heterocycles. The molecule has 0 spiro atoms. The highest BCUT2D eigenvalue weighted by atomic mass is 32.2. The highest BCUT2D eigenvalue weighted by Crippen LogP contribution is 2.32. The Morgan fingerprint density at radius 3 is 2.83 bits per heavy atom. The summed E-state index contributed by atoms with van der Waals surface area (Å²) in [6, 6.07) is 9.11. The topological polar surface area (TPSA) is 69.8 Å². The van der Waals surface area contributed by atoms with Gasteiger partial charge in [0.2, 0.25) is 0 Å². The van der Waals surface area contributed by atoms with Crippen molar-refractivity contribution in [1.82, 2.24) is 9.97 Å². The third-order valence-electron chi connectivity index (χ3n) is 2.36. The summed E-state index contributed by atoms with van der Waals surface area (Å²) in [6.45, 7) is 1.70. The first kappa shape index (κ1) is 12.6. The van der Waals surface area contributed by atoms with E-state index in [2.05, 4.69) is 16.0 Å². The van der Waals surface area contributed by atoms with Crippen molar-refractivity contribution in [3.8, 4) is 6.07 Å². The summed E-state index contributed by atoms with van der Waals surface area (Å²) in [6.07, 6.45) is 2.55. The fraction of sp³-hybridized carbons (Fsp3) is 0.154. The van der Waals surface area contributed by atoms with E-state index in [1.807, 2.05) is 0 Å². The van der Waals surface area contributed by atoms with Crippen molar-refractivity contribution < 1.29 is 5.11 Å². The van der Waals surface area contributed by atoms with Crippen molar-refractivity contribution in [2.75, 3.05) is 0 Å². The zero-order valence-electron chi connectivity index (χ0n) is 9.74. The van der Waals surface area contributed by atoms with Crippen LogP contribution in [0.5, 0.6) is 0 Å². The molecule has 5 heteroatoms. The first-order valence-electron chi connectivity index (χ1n) is 5.36. The zero-order chi connectivity index (χ0) is 13.0. The Bertz CT molecular complexity index is 579. The molecule has 2 rings (SSSR count). The first-order chi connectivity index (χ1) is 8.70. The fourth-order valence-corrected chi connectivity index (χ4v) is 2.49. The minimum atomic E-state index is -0.581. The van der Waals surface area contributed by atoms with Crippen LogP contribution in [0.4, 0.5) is 0 Å². The summed E-state index contributed by atoms with van der Waals surface area (Å²) >= 11 is 1.41. The Morgan fingerprint density at radius 1 is 1.39 bits per heavy atom. The van der Waals surface area contributed by atoms with Gasteiger partial charge >= 0.3 is 0 Å². The molecule has 1 heterocycles. The van der Waals surface area contributed by atoms with Gasteiger partial charge in [0, 0.05) is 11.1 Å². The normalized spacial score (nSPS) is 11.8. The molecule has 1 aromatic heterocycles. The number of aromatic nitrogens is 2. The standard InChI is InChI=1S/C13H11N3OS/c1-9(17)11-3-2-10(7-14)6-12(11)18-13-4-5-15-8-16-13/h2-6,8-9,17H,1H3. The Morgan fingerprint density at radius 2 is 2.22 bits per heavy atom. The minimum Gasteiger partial charge on any atom is -0.389 e. The quantitative estimate of drug-likeness (QED) is 0.856. The van der Waals surface area contributed by atoms with E-state index in [0.29, 0.717) is 5.56 Å². The monoisotopic (exact) mass is 257 g/mol. The van der Waals surface area contributed by atoms with E-state index >= 15 is 0 Å². The molecule has 0 radical (unpaired) electrons. The molecular formula is C13H11N3OS. The average Bonchev–Trinajstić information content (AvgIpc) is 2.39. The maximum atomic E-state index is 9.72. The fourth-order valence-electron chi connectivity index (χ4n) is 1.49. The molecule has 0 amide bonds. The lowest BCUT2D eigenvalue weighted by Gasteiger charge is -2.11. The van der Waals surface area contributed by atoms with Crippen molar-refractivity contribution in [2.24, 2.45) is 0 Å². The van der Waals surface area contributed by atoms with Gasteiger partial charge in [-0.1, -0.05) is 17.8 Å². The van der Waals surface area contributed by atoms with Crippen LogP contribution in [0.2, 0.25) is 0 Å². The van der Waals surface area contributed by atoms with Crippen LogP contribution in [0.15, 0.2) is 46.7 Å². The molecule has 90 valence electrons. The molecule has 0 fully saturated rings. The van der Waals surface area contributed by atoms with Crippen molar-refractivity contribution >= 4 is 11.8 Å². The summed E-state index contributed by atoms with van der Waals surface area (Å²) in [5.41, 5.74) is 1.36. The molecule has 0 aliphatic rings. The lowest BCUT2D eigenvalue weighted by Crippen LogP contribution is -1.95. The molecule has 0 saturated carbocycles. The predicted molar refractivity (Wildman–Crippen MR) is 67.9 cm³/mol. The van der Waals surface area contributed by atoms with Crippen molar-refractivity contribution in [1.29, 1.82) is 5.26 Å². The number of aliphatic hydroxyl groups is 1. The van der Waals surface area contributed by atoms with Crippen LogP contribution in [-0.4, -0.2) is 15.1 Å². The third-order valence-corrected chi connectivity index (χ3v) is 3.39. The lowest BCUT2D eigenvalue weighted by molar-refractivity contribution is 0.196. The number of nitriles is 1. The lowest BCUT2D eigenvalue weighted by atomic mass is 10.1. The molecule has 1 aromatic carbocycles. The Labute approximate surface area is 109 Å². The van der Waals surface area contributed by atoms with E-state index in [1.54, 1.807) is 37.4 Å². The highest BCUT2D eigenvalue weighted by molar-refractivity contribution is 7.99. The van der Waals surface area contributed by atoms with Gasteiger partial charge in [0.15, 0.2) is 0 Å². The number of nitrogens with zero attached hydrogens (tertiary/aromatic N) is 3. The molecule has 0 aliphatic carbocycles. The molecule has 1 N–H and O–H groups in total. The molecular weight excluding hydrogens is 246 g/mol. The van der Waals surface area contributed by atoms with E-state index in [9.17, 15) is 5.11 Å². The van der Waals surface area contributed by atoms with E-state index in [1.165, 1.54) is 18.1 Å². The molecule has 0 aliphatic heterocycles. The van der Waals surface area contributed by atoms with E-state index < -0.39 is 6.10 Å². The van der Waals surface area contributed by atoms with Crippen LogP contribution in [0.25, 0.3) is 0 Å². The second kappa shape index (κ2) is 5.63. The van der Waals surface area contributed by atoms with E-state index in [-0.39, 0.29) is 0 Å². The van der Waals surface area contributed by atoms with Gasteiger partial charge in [0.05, 0.1) is 17.7 Å². The largest absolute Gasteiger partial charge is 0.389 e. The summed E-state index contributed by atoms with van der Waals surface area (Å²) in [5.74, 6) is 0. The number of aliphatic hydroxyl groups excluding tert-OH is 1. The zero-order valence-corrected chi connectivity index (χ0v) is 10.6. The van der Waals surface area contributed by atoms with Crippen LogP contribution in [0, 0.1) is 11.3 Å². The molecule has 0 bridgehead atoms. The van der Waals surface area contributed by atoms with Crippen molar-refractivity contribution in [3.05, 3.63) is 47.9 Å². The minimum absolute atomic E-state index is 0.566. The van der Waals surface area contributed by atoms with Gasteiger partial charge in [0.1, 0.15) is 11.4 Å². The number of hydrogen-bond acceptors (Lipinski definition) is 5. The van der Waals surface area contributed by atoms with E-state index in [0.717, 1.165) is 15.5 Å². The highest BCUT2D eigenvalue weighted by Gasteiger charge is 2.10. The smallest absolute Gasteiger partial charge is 0.116 e. The van der Waals surface area contributed by atoms with Gasteiger partial charge in [-0.3, -0.25) is 0 Å². The van der Waals surface area contributed by atoms with E-state index in [4.69, 9.17) is 5.26 Å². The van der Waals surface area contributed by atoms with Gasteiger partial charge in [-0.15, -0.1) is 0 Å². The van der Waals surface area contributed by atoms with Crippen LogP contribution < -0.4 is 0 Å². The van der Waals surface area contributed by atoms with Crippen molar-refractivity contribution in [2.45, 2.75) is 22.9 Å². The first-order valence-corrected chi connectivity index (χ1v) is 6.18. The number of rotatable bonds is 3. The van der Waals surface area contributed by atoms with Gasteiger partial charge in [0.25, 0.3) is 0 Å². The number of benzene rings is 1. The average molecular weight is 257 g/mol. The Hall–Kier alpha value is -1.90. The molecule has 4 nitrogen and oxygen atoms in total. The third kappa shape index (κ3) is 2.86. The summed E-state index contributed by atoms with van der Waals surface area (Å²) in [4.78, 5) is 8.81. The Kier molecular flexibility index (Phi) is 3.92. The second-order valence-corrected chi connectivity index (χ2v) is 4.75. The second-order valence-electron chi connectivity index (χ2n) is 3.69. The molecule has 2 aromatic rings. The van der Waals surface area contributed by atoms with Crippen molar-refractivity contribution in [3.63, 3.8) is 0 Å². The molecule has 1 atom stereocenters. The predicted octanol–water partition coefficient (Wildman–Crippen LogP) is 2.55. The van der Waals surface area contributed by atoms with Crippen LogP contribution in [0.3, 0.4) is 0 Å². The van der Waals surface area contributed by atoms with Gasteiger partial charge in [-0.25, -0.2) is 9.97 Å². The molecule has 18 heavy (non-hydrogen) atoms. The van der Waals surface area contributed by atoms with Gasteiger partial charge in [-0.2, -0.15) is 5.26 Å². The van der Waals surface area contributed by atoms with Gasteiger partial charge < -0.3 is 5.11 Å². The van der Waals surface area contributed by atoms with Crippen LogP contribution >= 0.6 is 11.8 Å². The van der Waals surface area contributed by atoms with Gasteiger partial charge in [-0.05, 0) is 30.7 Å². The summed E-state index contributed by atoms with van der Waals surface area (Å²) < 4.78 is 0. The summed E-state index contributed by atoms with van der Waals surface area (Å²) in [5, 5.41) is 19.4. The van der Waals surface area contributed by atoms with Crippen LogP contribution in [0.1, 0.15) is 24.2 Å². The SMILES string of the molecule is CC(O)c1ccc(C#N)cc1Sc1ccncn1. The molecule has 1 unspecified atom stereocenters. The Balaban J connectivity index is 2.39. The maximum Gasteiger partial charge on any atom is 0.116 e. The number of hydrogen-bond donors (Lipinski definition) is 1. The van der Waals surface area contributed by atoms with Crippen LogP contribution in [-0.2, 0) is 0 Å². The summed E-state index contributed by atoms with van der Waals surface area (Å²) in [7, 11) is 0.